The molecular formula is C30H44N6O5. The van der Waals surface area contributed by atoms with Crippen LogP contribution in [-0.4, -0.2) is 57.8 Å². The first-order chi connectivity index (χ1) is 19.3. The zero-order valence-electron chi connectivity index (χ0n) is 25.0. The zero-order chi connectivity index (χ0) is 29.3. The van der Waals surface area contributed by atoms with E-state index in [0.717, 1.165) is 59.0 Å². The molecule has 4 fully saturated rings. The van der Waals surface area contributed by atoms with Crippen LogP contribution >= 0.6 is 0 Å². The minimum absolute atomic E-state index is 0.0330. The summed E-state index contributed by atoms with van der Waals surface area (Å²) < 4.78 is 8.43. The third kappa shape index (κ3) is 4.97. The molecule has 4 aliphatic carbocycles. The van der Waals surface area contributed by atoms with Gasteiger partial charge in [-0.1, -0.05) is 6.92 Å². The molecule has 0 unspecified atom stereocenters. The summed E-state index contributed by atoms with van der Waals surface area (Å²) in [5, 5.41) is 22.6. The van der Waals surface area contributed by atoms with Gasteiger partial charge in [-0.3, -0.25) is 4.79 Å². The van der Waals surface area contributed by atoms with Crippen molar-refractivity contribution in [2.24, 2.45) is 40.9 Å². The lowest BCUT2D eigenvalue weighted by molar-refractivity contribution is -0.133. The number of rotatable bonds is 4. The fraction of sp³-hybridized carbons (Fsp3) is 0.800. The number of ketones is 1. The first-order valence-electron chi connectivity index (χ1n) is 15.3. The van der Waals surface area contributed by atoms with Crippen molar-refractivity contribution in [1.82, 2.24) is 29.6 Å². The lowest BCUT2D eigenvalue weighted by Crippen LogP contribution is -2.51. The molecule has 0 saturated heterocycles. The number of Topliss-reactive ketones (excluding diaryl/α,β-unsaturated/α-hetero) is 1. The van der Waals surface area contributed by atoms with E-state index in [-0.39, 0.29) is 29.5 Å². The summed E-state index contributed by atoms with van der Waals surface area (Å²) in [5.74, 6) is 3.23. The fourth-order valence-electron chi connectivity index (χ4n) is 9.29. The van der Waals surface area contributed by atoms with E-state index in [4.69, 9.17) is 4.74 Å². The molecule has 0 aromatic carbocycles. The van der Waals surface area contributed by atoms with Gasteiger partial charge in [-0.25, -0.2) is 9.59 Å². The highest BCUT2D eigenvalue weighted by atomic mass is 16.6. The van der Waals surface area contributed by atoms with Gasteiger partial charge in [-0.2, -0.15) is 9.78 Å². The van der Waals surface area contributed by atoms with E-state index in [1.54, 1.807) is 20.8 Å². The highest BCUT2D eigenvalue weighted by Crippen LogP contribution is 2.64. The summed E-state index contributed by atoms with van der Waals surface area (Å²) in [6.45, 7) is 9.40. The SMILES string of the molecule is CC(C)(C)OC(=O)n1nccc1-n1nnn(CC(=O)[C@H]2CC[C@H]3[C@@H]4CC[C@@H]5C[C@](C)(O)CC[C@@H]5[C@H]4CC[C@]23C)c1=O. The van der Waals surface area contributed by atoms with Crippen molar-refractivity contribution in [1.29, 1.82) is 0 Å². The molecule has 0 spiro atoms. The molecule has 224 valence electrons. The summed E-state index contributed by atoms with van der Waals surface area (Å²) >= 11 is 0. The maximum Gasteiger partial charge on any atom is 0.437 e. The van der Waals surface area contributed by atoms with Gasteiger partial charge in [-0.05, 0) is 131 Å². The Morgan fingerprint density at radius 3 is 2.54 bits per heavy atom. The second-order valence-electron chi connectivity index (χ2n) is 14.7. The lowest BCUT2D eigenvalue weighted by Gasteiger charge is -2.56. The molecule has 11 heteroatoms. The van der Waals surface area contributed by atoms with Crippen LogP contribution in [-0.2, 0) is 16.1 Å². The van der Waals surface area contributed by atoms with Crippen molar-refractivity contribution >= 4 is 11.9 Å². The van der Waals surface area contributed by atoms with Gasteiger partial charge in [-0.15, -0.1) is 9.36 Å². The van der Waals surface area contributed by atoms with Gasteiger partial charge >= 0.3 is 11.8 Å². The van der Waals surface area contributed by atoms with Gasteiger partial charge < -0.3 is 9.84 Å². The Balaban J connectivity index is 1.16. The molecule has 0 radical (unpaired) electrons. The Kier molecular flexibility index (Phi) is 6.82. The number of carbonyl (C=O) groups is 2. The molecule has 11 nitrogen and oxygen atoms in total. The van der Waals surface area contributed by atoms with Crippen molar-refractivity contribution in [3.8, 4) is 5.82 Å². The molecule has 1 N–H and O–H groups in total. The summed E-state index contributed by atoms with van der Waals surface area (Å²) in [6, 6.07) is 1.48. The minimum atomic E-state index is -0.736. The van der Waals surface area contributed by atoms with Crippen molar-refractivity contribution in [3.05, 3.63) is 22.7 Å². The van der Waals surface area contributed by atoms with E-state index >= 15 is 0 Å². The van der Waals surface area contributed by atoms with Crippen LogP contribution in [0.25, 0.3) is 5.82 Å². The molecule has 0 amide bonds. The first-order valence-corrected chi connectivity index (χ1v) is 15.3. The number of hydrogen-bond donors (Lipinski definition) is 1. The first kappa shape index (κ1) is 28.3. The highest BCUT2D eigenvalue weighted by molar-refractivity contribution is 5.82. The van der Waals surface area contributed by atoms with E-state index in [9.17, 15) is 19.5 Å². The number of ether oxygens (including phenoxy) is 1. The van der Waals surface area contributed by atoms with Gasteiger partial charge in [0.1, 0.15) is 12.1 Å². The molecule has 4 saturated carbocycles. The Bertz CT molecular complexity index is 1380. The average Bonchev–Trinajstić information content (AvgIpc) is 3.59. The van der Waals surface area contributed by atoms with Crippen LogP contribution in [0.15, 0.2) is 17.1 Å². The highest BCUT2D eigenvalue weighted by Gasteiger charge is 2.58. The van der Waals surface area contributed by atoms with Crippen LogP contribution in [0.2, 0.25) is 0 Å². The predicted octanol–water partition coefficient (Wildman–Crippen LogP) is 4.00. The molecule has 0 bridgehead atoms. The summed E-state index contributed by atoms with van der Waals surface area (Å²) in [4.78, 5) is 39.6. The zero-order valence-corrected chi connectivity index (χ0v) is 25.0. The third-order valence-corrected chi connectivity index (χ3v) is 11.0. The summed E-state index contributed by atoms with van der Waals surface area (Å²) in [5.41, 5.74) is -1.92. The molecule has 2 aromatic rings. The van der Waals surface area contributed by atoms with Crippen molar-refractivity contribution in [2.45, 2.75) is 110 Å². The molecule has 2 heterocycles. The Morgan fingerprint density at radius 1 is 1.02 bits per heavy atom. The van der Waals surface area contributed by atoms with Gasteiger partial charge in [0.25, 0.3) is 0 Å². The molecule has 0 aliphatic heterocycles. The Hall–Kier alpha value is -2.82. The van der Waals surface area contributed by atoms with Crippen LogP contribution in [0.4, 0.5) is 4.79 Å². The fourth-order valence-corrected chi connectivity index (χ4v) is 9.29. The Labute approximate surface area is 240 Å². The third-order valence-electron chi connectivity index (χ3n) is 11.0. The second kappa shape index (κ2) is 9.88. The van der Waals surface area contributed by atoms with E-state index in [0.29, 0.717) is 29.6 Å². The summed E-state index contributed by atoms with van der Waals surface area (Å²) in [7, 11) is 0. The van der Waals surface area contributed by atoms with Crippen LogP contribution < -0.4 is 5.69 Å². The Morgan fingerprint density at radius 2 is 1.78 bits per heavy atom. The van der Waals surface area contributed by atoms with Crippen LogP contribution in [0, 0.1) is 40.9 Å². The number of hydrogen-bond acceptors (Lipinski definition) is 8. The largest absolute Gasteiger partial charge is 0.442 e. The quantitative estimate of drug-likeness (QED) is 0.585. The molecule has 4 aliphatic rings. The van der Waals surface area contributed by atoms with Gasteiger partial charge in [0, 0.05) is 12.0 Å². The van der Waals surface area contributed by atoms with Crippen LogP contribution in [0.5, 0.6) is 0 Å². The average molecular weight is 569 g/mol. The monoisotopic (exact) mass is 568 g/mol. The number of aliphatic hydroxyl groups is 1. The van der Waals surface area contributed by atoms with Crippen LogP contribution in [0.3, 0.4) is 0 Å². The molecule has 6 rings (SSSR count). The van der Waals surface area contributed by atoms with E-state index < -0.39 is 23.0 Å². The van der Waals surface area contributed by atoms with E-state index in [1.165, 1.54) is 25.1 Å². The number of carbonyl (C=O) groups excluding carboxylic acids is 2. The summed E-state index contributed by atoms with van der Waals surface area (Å²) in [6.07, 6.45) is 10.1. The number of fused-ring (bicyclic) bond motifs is 5. The van der Waals surface area contributed by atoms with Crippen molar-refractivity contribution in [3.63, 3.8) is 0 Å². The standard InChI is InChI=1S/C30H44N6O5/c1-28(2,3)41-27(39)36-25(12-15-31-36)35-26(38)34(32-33-35)17-24(37)23-9-8-22-21-7-6-18-16-29(4,40)13-10-19(18)20(21)11-14-30(22,23)5/h12,15,18-23,40H,6-11,13-14,16-17H2,1-5H3/t18-,19+,20-,21-,22+,23-,29-,30+/m1/s1. The molecule has 41 heavy (non-hydrogen) atoms. The smallest absolute Gasteiger partial charge is 0.437 e. The number of tetrazole rings is 1. The van der Waals surface area contributed by atoms with Crippen molar-refractivity contribution < 1.29 is 19.4 Å². The van der Waals surface area contributed by atoms with E-state index in [2.05, 4.69) is 22.4 Å². The van der Waals surface area contributed by atoms with Gasteiger partial charge in [0.05, 0.1) is 11.8 Å². The topological polar surface area (TPSA) is 134 Å². The van der Waals surface area contributed by atoms with Crippen molar-refractivity contribution in [2.75, 3.05) is 0 Å². The predicted molar refractivity (Wildman–Crippen MR) is 149 cm³/mol. The van der Waals surface area contributed by atoms with E-state index in [1.807, 2.05) is 6.92 Å². The second-order valence-corrected chi connectivity index (χ2v) is 14.7. The number of aromatic nitrogens is 6. The maximum atomic E-state index is 13.8. The van der Waals surface area contributed by atoms with Gasteiger partial charge in [0.2, 0.25) is 0 Å². The molecular weight excluding hydrogens is 524 g/mol. The number of nitrogens with zero attached hydrogens (tertiary/aromatic N) is 6. The molecule has 8 atom stereocenters. The lowest BCUT2D eigenvalue weighted by atomic mass is 9.49. The molecule has 2 aromatic heterocycles. The normalized spacial score (nSPS) is 36.7. The van der Waals surface area contributed by atoms with Gasteiger partial charge in [0.15, 0.2) is 11.6 Å². The minimum Gasteiger partial charge on any atom is -0.442 e. The van der Waals surface area contributed by atoms with Crippen LogP contribution in [0.1, 0.15) is 92.4 Å². The maximum absolute atomic E-state index is 13.8.